The number of halogens is 3. The molecule has 0 amide bonds. The molecule has 0 unspecified atom stereocenters. The van der Waals surface area contributed by atoms with Gasteiger partial charge in [-0.15, -0.1) is 0 Å². The van der Waals surface area contributed by atoms with Crippen LogP contribution in [0.3, 0.4) is 0 Å². The molecule has 0 saturated carbocycles. The normalized spacial score (nSPS) is 10.7. The quantitative estimate of drug-likeness (QED) is 0.451. The minimum Gasteiger partial charge on any atom is -0.480 e. The summed E-state index contributed by atoms with van der Waals surface area (Å²) in [6, 6.07) is 10.4. The first-order valence-electron chi connectivity index (χ1n) is 6.95. The van der Waals surface area contributed by atoms with E-state index in [9.17, 15) is 4.79 Å². The Morgan fingerprint density at radius 3 is 2.43 bits per heavy atom. The van der Waals surface area contributed by atoms with E-state index < -0.39 is 5.97 Å². The standard InChI is InChI=1S/C17H15BrCl2O3/c1-10(2)11-3-5-15(13(18)7-11)23-17(21)9-22-16-6-4-12(19)8-14(16)20/h3-8,10H,9H2,1-2H3. The van der Waals surface area contributed by atoms with Crippen molar-refractivity contribution in [1.29, 1.82) is 0 Å². The van der Waals surface area contributed by atoms with E-state index in [4.69, 9.17) is 32.7 Å². The lowest BCUT2D eigenvalue weighted by Gasteiger charge is -2.11. The van der Waals surface area contributed by atoms with Crippen LogP contribution in [0.1, 0.15) is 25.3 Å². The van der Waals surface area contributed by atoms with E-state index in [0.29, 0.717) is 27.5 Å². The smallest absolute Gasteiger partial charge is 0.349 e. The second-order valence-corrected chi connectivity index (χ2v) is 6.88. The van der Waals surface area contributed by atoms with Gasteiger partial charge in [0, 0.05) is 5.02 Å². The highest BCUT2D eigenvalue weighted by Crippen LogP contribution is 2.30. The van der Waals surface area contributed by atoms with Crippen molar-refractivity contribution >= 4 is 45.1 Å². The summed E-state index contributed by atoms with van der Waals surface area (Å²) in [6.07, 6.45) is 0. The van der Waals surface area contributed by atoms with Crippen LogP contribution < -0.4 is 9.47 Å². The van der Waals surface area contributed by atoms with E-state index in [0.717, 1.165) is 10.0 Å². The molecular weight excluding hydrogens is 403 g/mol. The Hall–Kier alpha value is -1.23. The molecule has 2 aromatic rings. The SMILES string of the molecule is CC(C)c1ccc(OC(=O)COc2ccc(Cl)cc2Cl)c(Br)c1. The van der Waals surface area contributed by atoms with Gasteiger partial charge in [0.15, 0.2) is 6.61 Å². The number of rotatable bonds is 5. The van der Waals surface area contributed by atoms with Gasteiger partial charge in [-0.2, -0.15) is 0 Å². The summed E-state index contributed by atoms with van der Waals surface area (Å²) < 4.78 is 11.4. The number of ether oxygens (including phenoxy) is 2. The first-order valence-corrected chi connectivity index (χ1v) is 8.49. The Kier molecular flexibility index (Phi) is 6.33. The molecule has 0 aliphatic heterocycles. The molecule has 0 bridgehead atoms. The van der Waals surface area contributed by atoms with Crippen molar-refractivity contribution < 1.29 is 14.3 Å². The molecule has 6 heteroatoms. The molecule has 23 heavy (non-hydrogen) atoms. The Morgan fingerprint density at radius 1 is 1.13 bits per heavy atom. The molecule has 0 aromatic heterocycles. The van der Waals surface area contributed by atoms with Gasteiger partial charge in [0.1, 0.15) is 11.5 Å². The highest BCUT2D eigenvalue weighted by molar-refractivity contribution is 9.10. The lowest BCUT2D eigenvalue weighted by molar-refractivity contribution is -0.136. The molecule has 0 aliphatic carbocycles. The molecule has 0 fully saturated rings. The molecule has 0 aliphatic rings. The van der Waals surface area contributed by atoms with Crippen LogP contribution in [-0.2, 0) is 4.79 Å². The van der Waals surface area contributed by atoms with E-state index in [-0.39, 0.29) is 6.61 Å². The largest absolute Gasteiger partial charge is 0.480 e. The van der Waals surface area contributed by atoms with Crippen molar-refractivity contribution in [2.24, 2.45) is 0 Å². The van der Waals surface area contributed by atoms with Gasteiger partial charge in [-0.25, -0.2) is 4.79 Å². The molecule has 2 rings (SSSR count). The van der Waals surface area contributed by atoms with E-state index >= 15 is 0 Å². The van der Waals surface area contributed by atoms with Crippen molar-refractivity contribution in [2.75, 3.05) is 6.61 Å². The van der Waals surface area contributed by atoms with Crippen LogP contribution in [0.4, 0.5) is 0 Å². The van der Waals surface area contributed by atoms with Crippen LogP contribution in [0.25, 0.3) is 0 Å². The summed E-state index contributed by atoms with van der Waals surface area (Å²) in [5, 5.41) is 0.840. The summed E-state index contributed by atoms with van der Waals surface area (Å²) in [6.45, 7) is 3.94. The molecule has 0 saturated heterocycles. The first-order chi connectivity index (χ1) is 10.9. The van der Waals surface area contributed by atoms with Gasteiger partial charge in [0.05, 0.1) is 9.50 Å². The highest BCUT2D eigenvalue weighted by Gasteiger charge is 2.12. The molecule has 0 atom stereocenters. The fraction of sp³-hybridized carbons (Fsp3) is 0.235. The maximum atomic E-state index is 11.9. The molecule has 122 valence electrons. The number of carbonyl (C=O) groups excluding carboxylic acids is 1. The number of benzene rings is 2. The molecular formula is C17H15BrCl2O3. The average Bonchev–Trinajstić information content (AvgIpc) is 2.48. The Bertz CT molecular complexity index is 717. The lowest BCUT2D eigenvalue weighted by atomic mass is 10.0. The zero-order chi connectivity index (χ0) is 17.0. The summed E-state index contributed by atoms with van der Waals surface area (Å²) in [5.41, 5.74) is 1.15. The van der Waals surface area contributed by atoms with E-state index in [2.05, 4.69) is 29.8 Å². The van der Waals surface area contributed by atoms with Crippen LogP contribution in [0.15, 0.2) is 40.9 Å². The molecule has 0 spiro atoms. The lowest BCUT2D eigenvalue weighted by Crippen LogP contribution is -2.18. The van der Waals surface area contributed by atoms with Crippen molar-refractivity contribution in [3.63, 3.8) is 0 Å². The zero-order valence-electron chi connectivity index (χ0n) is 12.6. The van der Waals surface area contributed by atoms with Gasteiger partial charge < -0.3 is 9.47 Å². The Balaban J connectivity index is 1.97. The van der Waals surface area contributed by atoms with Gasteiger partial charge in [-0.05, 0) is 57.7 Å². The third kappa shape index (κ3) is 5.13. The van der Waals surface area contributed by atoms with Crippen LogP contribution in [-0.4, -0.2) is 12.6 Å². The van der Waals surface area contributed by atoms with Crippen molar-refractivity contribution in [1.82, 2.24) is 0 Å². The number of esters is 1. The maximum Gasteiger partial charge on any atom is 0.349 e. The molecule has 0 radical (unpaired) electrons. The first kappa shape index (κ1) is 18.1. The fourth-order valence-electron chi connectivity index (χ4n) is 1.84. The predicted molar refractivity (Wildman–Crippen MR) is 95.8 cm³/mol. The number of hydrogen-bond acceptors (Lipinski definition) is 3. The van der Waals surface area contributed by atoms with Crippen molar-refractivity contribution in [3.8, 4) is 11.5 Å². The summed E-state index contributed by atoms with van der Waals surface area (Å²) >= 11 is 15.2. The maximum absolute atomic E-state index is 11.9. The van der Waals surface area contributed by atoms with E-state index in [1.165, 1.54) is 0 Å². The summed E-state index contributed by atoms with van der Waals surface area (Å²) in [5.74, 6) is 0.702. The topological polar surface area (TPSA) is 35.5 Å². The minimum atomic E-state index is -0.519. The second kappa shape index (κ2) is 8.04. The second-order valence-electron chi connectivity index (χ2n) is 5.18. The highest BCUT2D eigenvalue weighted by atomic mass is 79.9. The summed E-state index contributed by atoms with van der Waals surface area (Å²) in [4.78, 5) is 11.9. The van der Waals surface area contributed by atoms with Crippen LogP contribution >= 0.6 is 39.1 Å². The Morgan fingerprint density at radius 2 is 1.83 bits per heavy atom. The number of carbonyl (C=O) groups is 1. The van der Waals surface area contributed by atoms with Gasteiger partial charge in [0.2, 0.25) is 0 Å². The predicted octanol–water partition coefficient (Wildman–Crippen LogP) is 5.86. The fourth-order valence-corrected chi connectivity index (χ4v) is 2.78. The minimum absolute atomic E-state index is 0.250. The average molecular weight is 418 g/mol. The van der Waals surface area contributed by atoms with Gasteiger partial charge in [-0.1, -0.05) is 43.1 Å². The van der Waals surface area contributed by atoms with Gasteiger partial charge in [-0.3, -0.25) is 0 Å². The van der Waals surface area contributed by atoms with Crippen molar-refractivity contribution in [3.05, 3.63) is 56.5 Å². The molecule has 0 heterocycles. The molecule has 2 aromatic carbocycles. The van der Waals surface area contributed by atoms with Gasteiger partial charge >= 0.3 is 5.97 Å². The van der Waals surface area contributed by atoms with Crippen LogP contribution in [0.5, 0.6) is 11.5 Å². The van der Waals surface area contributed by atoms with Crippen LogP contribution in [0.2, 0.25) is 10.0 Å². The van der Waals surface area contributed by atoms with Gasteiger partial charge in [0.25, 0.3) is 0 Å². The number of hydrogen-bond donors (Lipinski definition) is 0. The van der Waals surface area contributed by atoms with E-state index in [1.807, 2.05) is 12.1 Å². The van der Waals surface area contributed by atoms with Crippen molar-refractivity contribution in [2.45, 2.75) is 19.8 Å². The Labute approximate surface area is 153 Å². The summed E-state index contributed by atoms with van der Waals surface area (Å²) in [7, 11) is 0. The third-order valence-electron chi connectivity index (χ3n) is 3.09. The van der Waals surface area contributed by atoms with Crippen LogP contribution in [0, 0.1) is 0 Å². The molecule has 3 nitrogen and oxygen atoms in total. The van der Waals surface area contributed by atoms with E-state index in [1.54, 1.807) is 24.3 Å². The third-order valence-corrected chi connectivity index (χ3v) is 4.24. The zero-order valence-corrected chi connectivity index (χ0v) is 15.7. The molecule has 0 N–H and O–H groups in total. The monoisotopic (exact) mass is 416 g/mol.